The quantitative estimate of drug-likeness (QED) is 0.553. The summed E-state index contributed by atoms with van der Waals surface area (Å²) in [4.78, 5) is 12.9. The Morgan fingerprint density at radius 3 is 2.35 bits per heavy atom. The van der Waals surface area contributed by atoms with Gasteiger partial charge in [-0.15, -0.1) is 0 Å². The van der Waals surface area contributed by atoms with E-state index in [1.165, 1.54) is 0 Å². The molecule has 0 radical (unpaired) electrons. The Kier molecular flexibility index (Phi) is 7.69. The fraction of sp³-hybridized carbons (Fsp3) is 0.435. The summed E-state index contributed by atoms with van der Waals surface area (Å²) in [6, 6.07) is 17.2. The summed E-state index contributed by atoms with van der Waals surface area (Å²) in [6.07, 6.45) is 2.93. The van der Waals surface area contributed by atoms with Crippen molar-refractivity contribution in [3.8, 4) is 5.75 Å². The van der Waals surface area contributed by atoms with Gasteiger partial charge in [0.2, 0.25) is 0 Å². The largest absolute Gasteiger partial charge is 0.496 e. The third kappa shape index (κ3) is 5.84. The summed E-state index contributed by atoms with van der Waals surface area (Å²) in [7, 11) is -1.94. The van der Waals surface area contributed by atoms with Crippen LogP contribution in [0.5, 0.6) is 5.75 Å². The summed E-state index contributed by atoms with van der Waals surface area (Å²) >= 11 is 0. The molecule has 0 saturated heterocycles. The van der Waals surface area contributed by atoms with E-state index in [2.05, 4.69) is 26.9 Å². The van der Waals surface area contributed by atoms with Gasteiger partial charge in [-0.1, -0.05) is 49.4 Å². The number of rotatable bonds is 9. The molecule has 2 aromatic carbocycles. The lowest BCUT2D eigenvalue weighted by Crippen LogP contribution is -2.49. The van der Waals surface area contributed by atoms with E-state index < -0.39 is 10.2 Å². The first kappa shape index (κ1) is 23.2. The van der Waals surface area contributed by atoms with Gasteiger partial charge in [0.1, 0.15) is 5.75 Å². The smallest absolute Gasteiger partial charge is 0.277 e. The summed E-state index contributed by atoms with van der Waals surface area (Å²) in [6.45, 7) is 2.58. The van der Waals surface area contributed by atoms with Crippen LogP contribution in [0.2, 0.25) is 0 Å². The molecule has 0 atom stereocenters. The van der Waals surface area contributed by atoms with Crippen molar-refractivity contribution in [2.45, 2.75) is 44.1 Å². The van der Waals surface area contributed by atoms with Crippen LogP contribution in [0, 0.1) is 0 Å². The number of hydrogen-bond donors (Lipinski definition) is 3. The topological polar surface area (TPSA) is 96.5 Å². The lowest BCUT2D eigenvalue weighted by Gasteiger charge is -2.41. The number of hydrogen-bond acceptors (Lipinski definition) is 4. The van der Waals surface area contributed by atoms with Crippen LogP contribution in [0.3, 0.4) is 0 Å². The molecule has 0 unspecified atom stereocenters. The molecule has 3 N–H and O–H groups in total. The molecule has 1 fully saturated rings. The average Bonchev–Trinajstić information content (AvgIpc) is 2.79. The van der Waals surface area contributed by atoms with Gasteiger partial charge in [0.25, 0.3) is 16.1 Å². The fourth-order valence-electron chi connectivity index (χ4n) is 4.28. The first-order chi connectivity index (χ1) is 14.9. The molecule has 0 bridgehead atoms. The van der Waals surface area contributed by atoms with E-state index in [1.54, 1.807) is 26.2 Å². The standard InChI is InChI=1S/C23H31N3O4S/c1-3-25-31(28,29)26-19-13-15-23(16-14-19,18-9-5-4-6-10-18)17-24-22(27)20-11-7-8-12-21(20)30-2/h4-12,19,25-26H,3,13-17H2,1-2H3,(H,24,27). The van der Waals surface area contributed by atoms with Crippen LogP contribution in [-0.4, -0.2) is 40.6 Å². The van der Waals surface area contributed by atoms with Gasteiger partial charge >= 0.3 is 0 Å². The first-order valence-corrected chi connectivity index (χ1v) is 12.1. The third-order valence-electron chi connectivity index (χ3n) is 5.92. The van der Waals surface area contributed by atoms with Crippen molar-refractivity contribution in [1.29, 1.82) is 0 Å². The SMILES string of the molecule is CCNS(=O)(=O)NC1CCC(CNC(=O)c2ccccc2OC)(c2ccccc2)CC1. The van der Waals surface area contributed by atoms with Gasteiger partial charge in [0, 0.05) is 24.5 Å². The number of carbonyl (C=O) groups is 1. The molecule has 31 heavy (non-hydrogen) atoms. The summed E-state index contributed by atoms with van der Waals surface area (Å²) < 4.78 is 34.7. The van der Waals surface area contributed by atoms with E-state index in [0.29, 0.717) is 37.2 Å². The van der Waals surface area contributed by atoms with Crippen LogP contribution in [0.4, 0.5) is 0 Å². The van der Waals surface area contributed by atoms with Crippen LogP contribution in [0.1, 0.15) is 48.5 Å². The Bertz CT molecular complexity index is 971. The van der Waals surface area contributed by atoms with Gasteiger partial charge in [-0.25, -0.2) is 4.72 Å². The van der Waals surface area contributed by atoms with Crippen LogP contribution in [0.25, 0.3) is 0 Å². The number of nitrogens with one attached hydrogen (secondary N) is 3. The van der Waals surface area contributed by atoms with E-state index in [-0.39, 0.29) is 17.4 Å². The van der Waals surface area contributed by atoms with Gasteiger partial charge in [0.05, 0.1) is 12.7 Å². The van der Waals surface area contributed by atoms with Crippen LogP contribution < -0.4 is 19.5 Å². The first-order valence-electron chi connectivity index (χ1n) is 10.6. The zero-order chi connectivity index (χ0) is 22.3. The van der Waals surface area contributed by atoms with Crippen molar-refractivity contribution in [3.05, 3.63) is 65.7 Å². The zero-order valence-electron chi connectivity index (χ0n) is 18.1. The third-order valence-corrected chi connectivity index (χ3v) is 7.24. The molecule has 168 valence electrons. The molecule has 1 aliphatic carbocycles. The van der Waals surface area contributed by atoms with Crippen molar-refractivity contribution in [1.82, 2.24) is 14.8 Å². The molecule has 0 aromatic heterocycles. The maximum absolute atomic E-state index is 12.9. The summed E-state index contributed by atoms with van der Waals surface area (Å²) in [5.41, 5.74) is 1.41. The van der Waals surface area contributed by atoms with Crippen molar-refractivity contribution in [2.75, 3.05) is 20.2 Å². The highest BCUT2D eigenvalue weighted by molar-refractivity contribution is 7.87. The highest BCUT2D eigenvalue weighted by atomic mass is 32.2. The second-order valence-corrected chi connectivity index (χ2v) is 9.45. The number of ether oxygens (including phenoxy) is 1. The van der Waals surface area contributed by atoms with E-state index in [1.807, 2.05) is 30.3 Å². The van der Waals surface area contributed by atoms with Crippen molar-refractivity contribution in [3.63, 3.8) is 0 Å². The minimum atomic E-state index is -3.49. The molecule has 1 saturated carbocycles. The maximum atomic E-state index is 12.9. The van der Waals surface area contributed by atoms with E-state index in [0.717, 1.165) is 18.4 Å². The van der Waals surface area contributed by atoms with E-state index in [9.17, 15) is 13.2 Å². The summed E-state index contributed by atoms with van der Waals surface area (Å²) in [5.74, 6) is 0.359. The number of para-hydroxylation sites is 1. The lowest BCUT2D eigenvalue weighted by atomic mass is 9.68. The van der Waals surface area contributed by atoms with Crippen molar-refractivity contribution >= 4 is 16.1 Å². The maximum Gasteiger partial charge on any atom is 0.277 e. The molecule has 1 amide bonds. The Balaban J connectivity index is 1.74. The van der Waals surface area contributed by atoms with Gasteiger partial charge in [-0.2, -0.15) is 13.1 Å². The van der Waals surface area contributed by atoms with E-state index in [4.69, 9.17) is 4.74 Å². The number of carbonyl (C=O) groups excluding carboxylic acids is 1. The van der Waals surface area contributed by atoms with Gasteiger partial charge in [-0.05, 0) is 43.4 Å². The van der Waals surface area contributed by atoms with Crippen molar-refractivity contribution < 1.29 is 17.9 Å². The van der Waals surface area contributed by atoms with Gasteiger partial charge in [0.15, 0.2) is 0 Å². The van der Waals surface area contributed by atoms with Crippen LogP contribution in [-0.2, 0) is 15.6 Å². The van der Waals surface area contributed by atoms with Gasteiger partial charge in [-0.3, -0.25) is 4.79 Å². The lowest BCUT2D eigenvalue weighted by molar-refractivity contribution is 0.0932. The Hall–Kier alpha value is -2.42. The minimum Gasteiger partial charge on any atom is -0.496 e. The molecule has 7 nitrogen and oxygen atoms in total. The molecule has 2 aromatic rings. The summed E-state index contributed by atoms with van der Waals surface area (Å²) in [5, 5.41) is 3.10. The zero-order valence-corrected chi connectivity index (χ0v) is 18.9. The highest BCUT2D eigenvalue weighted by Gasteiger charge is 2.38. The van der Waals surface area contributed by atoms with Crippen molar-refractivity contribution in [2.24, 2.45) is 0 Å². The number of methoxy groups -OCH3 is 1. The molecule has 0 heterocycles. The average molecular weight is 446 g/mol. The number of benzene rings is 2. The molecule has 1 aliphatic rings. The predicted molar refractivity (Wildman–Crippen MR) is 121 cm³/mol. The normalized spacial score (nSPS) is 21.4. The molecular weight excluding hydrogens is 414 g/mol. The monoisotopic (exact) mass is 445 g/mol. The predicted octanol–water partition coefficient (Wildman–Crippen LogP) is 2.75. The molecule has 8 heteroatoms. The Morgan fingerprint density at radius 1 is 1.06 bits per heavy atom. The molecular formula is C23H31N3O4S. The van der Waals surface area contributed by atoms with Crippen LogP contribution >= 0.6 is 0 Å². The molecule has 3 rings (SSSR count). The second kappa shape index (κ2) is 10.3. The van der Waals surface area contributed by atoms with Gasteiger partial charge < -0.3 is 10.1 Å². The molecule has 0 spiro atoms. The second-order valence-electron chi connectivity index (χ2n) is 7.92. The van der Waals surface area contributed by atoms with Crippen LogP contribution in [0.15, 0.2) is 54.6 Å². The highest BCUT2D eigenvalue weighted by Crippen LogP contribution is 2.39. The Labute approximate surface area is 184 Å². The molecule has 0 aliphatic heterocycles. The fourth-order valence-corrected chi connectivity index (χ4v) is 5.41. The number of amides is 1. The van der Waals surface area contributed by atoms with E-state index >= 15 is 0 Å². The Morgan fingerprint density at radius 2 is 1.71 bits per heavy atom. The minimum absolute atomic E-state index is 0.120.